The fourth-order valence-electron chi connectivity index (χ4n) is 5.63. The number of unbranched alkanes of at least 4 members (excludes halogenated alkanes) is 1. The number of hydrogen-bond donors (Lipinski definition) is 0. The fraction of sp³-hybridized carbons (Fsp3) is 0.944. The summed E-state index contributed by atoms with van der Waals surface area (Å²) in [4.78, 5) is 0. The molecular formula is C36H72O. The Bertz CT molecular complexity index is 519. The van der Waals surface area contributed by atoms with Crippen LogP contribution in [0.3, 0.4) is 0 Å². The molecule has 0 aliphatic rings. The van der Waals surface area contributed by atoms with Gasteiger partial charge >= 0.3 is 0 Å². The average molecular weight is 521 g/mol. The minimum absolute atomic E-state index is 0.0478. The van der Waals surface area contributed by atoms with Crippen molar-refractivity contribution in [3.8, 4) is 0 Å². The zero-order chi connectivity index (χ0) is 28.1. The first-order valence-corrected chi connectivity index (χ1v) is 16.7. The van der Waals surface area contributed by atoms with Crippen molar-refractivity contribution in [1.29, 1.82) is 0 Å². The maximum atomic E-state index is 5.55. The Kier molecular flexibility index (Phi) is 22.3. The van der Waals surface area contributed by atoms with Crippen LogP contribution >= 0.6 is 0 Å². The van der Waals surface area contributed by atoms with Crippen molar-refractivity contribution < 1.29 is 4.74 Å². The van der Waals surface area contributed by atoms with E-state index in [-0.39, 0.29) is 5.60 Å². The fourth-order valence-corrected chi connectivity index (χ4v) is 5.63. The zero-order valence-electron chi connectivity index (χ0n) is 27.5. The first-order chi connectivity index (χ1) is 17.4. The number of rotatable bonds is 25. The minimum Gasteiger partial charge on any atom is -0.379 e. The topological polar surface area (TPSA) is 9.23 Å². The average Bonchev–Trinajstić information content (AvgIpc) is 2.81. The van der Waals surface area contributed by atoms with E-state index >= 15 is 0 Å². The number of allylic oxidation sites excluding steroid dienone is 2. The summed E-state index contributed by atoms with van der Waals surface area (Å²) in [5.41, 5.74) is 0.0478. The summed E-state index contributed by atoms with van der Waals surface area (Å²) in [5, 5.41) is 0. The minimum atomic E-state index is 0.0478. The SMILES string of the molecule is COC(C)(C)CCC[C@H](C)CCC[C@H](C)CCC[C@H](C)CCCC[C@@H](C)/C=C/C[C@@H](C)CCCC(C)C. The zero-order valence-corrected chi connectivity index (χ0v) is 27.5. The van der Waals surface area contributed by atoms with Crippen molar-refractivity contribution in [2.75, 3.05) is 7.11 Å². The van der Waals surface area contributed by atoms with Crippen molar-refractivity contribution >= 4 is 0 Å². The van der Waals surface area contributed by atoms with Gasteiger partial charge in [0, 0.05) is 7.11 Å². The standard InChI is InChI=1S/C36H72O/c1-30(2)18-13-21-33(5)24-14-22-31(3)19-11-12-20-32(4)23-15-25-34(6)26-16-27-35(7)28-17-29-36(8,9)37-10/h14,22,30-35H,11-13,15-21,23-29H2,1-10H3/b22-14+/t31-,32-,33+,34-,35-/m1/s1. The van der Waals surface area contributed by atoms with E-state index in [0.717, 1.165) is 35.5 Å². The summed E-state index contributed by atoms with van der Waals surface area (Å²) < 4.78 is 5.55. The molecule has 0 saturated heterocycles. The van der Waals surface area contributed by atoms with Crippen LogP contribution in [0, 0.1) is 35.5 Å². The second-order valence-electron chi connectivity index (χ2n) is 14.4. The van der Waals surface area contributed by atoms with E-state index in [1.165, 1.54) is 109 Å². The Hall–Kier alpha value is -0.300. The van der Waals surface area contributed by atoms with Crippen LogP contribution in [0.1, 0.15) is 171 Å². The van der Waals surface area contributed by atoms with E-state index in [4.69, 9.17) is 4.74 Å². The first kappa shape index (κ1) is 36.7. The summed E-state index contributed by atoms with van der Waals surface area (Å²) >= 11 is 0. The Morgan fingerprint density at radius 3 is 1.49 bits per heavy atom. The van der Waals surface area contributed by atoms with Crippen LogP contribution in [0.2, 0.25) is 0 Å². The normalized spacial score (nSPS) is 16.8. The molecule has 0 aliphatic carbocycles. The molecule has 0 N–H and O–H groups in total. The predicted molar refractivity (Wildman–Crippen MR) is 169 cm³/mol. The molecule has 0 radical (unpaired) electrons. The van der Waals surface area contributed by atoms with Crippen molar-refractivity contribution in [3.05, 3.63) is 12.2 Å². The number of methoxy groups -OCH3 is 1. The monoisotopic (exact) mass is 521 g/mol. The Balaban J connectivity index is 3.71. The third-order valence-electron chi connectivity index (χ3n) is 8.90. The summed E-state index contributed by atoms with van der Waals surface area (Å²) in [6, 6.07) is 0. The molecule has 222 valence electrons. The Morgan fingerprint density at radius 2 is 0.973 bits per heavy atom. The molecule has 37 heavy (non-hydrogen) atoms. The summed E-state index contributed by atoms with van der Waals surface area (Å²) in [7, 11) is 1.84. The van der Waals surface area contributed by atoms with Gasteiger partial charge in [-0.3, -0.25) is 0 Å². The molecule has 0 spiro atoms. The molecule has 0 saturated carbocycles. The molecule has 0 unspecified atom stereocenters. The Morgan fingerprint density at radius 1 is 0.541 bits per heavy atom. The quantitative estimate of drug-likeness (QED) is 0.0858. The summed E-state index contributed by atoms with van der Waals surface area (Å²) in [6.45, 7) is 21.3. The lowest BCUT2D eigenvalue weighted by Gasteiger charge is -2.23. The molecular weight excluding hydrogens is 448 g/mol. The van der Waals surface area contributed by atoms with Gasteiger partial charge < -0.3 is 4.74 Å². The van der Waals surface area contributed by atoms with E-state index in [1.54, 1.807) is 0 Å². The molecule has 0 rings (SSSR count). The van der Waals surface area contributed by atoms with Crippen molar-refractivity contribution in [2.45, 2.75) is 177 Å². The highest BCUT2D eigenvalue weighted by atomic mass is 16.5. The smallest absolute Gasteiger partial charge is 0.0622 e. The van der Waals surface area contributed by atoms with Gasteiger partial charge in [-0.05, 0) is 68.6 Å². The molecule has 0 aliphatic heterocycles. The van der Waals surface area contributed by atoms with Gasteiger partial charge in [-0.15, -0.1) is 0 Å². The van der Waals surface area contributed by atoms with E-state index in [1.807, 2.05) is 7.11 Å². The second-order valence-corrected chi connectivity index (χ2v) is 14.4. The van der Waals surface area contributed by atoms with E-state index < -0.39 is 0 Å². The highest BCUT2D eigenvalue weighted by Crippen LogP contribution is 2.25. The lowest BCUT2D eigenvalue weighted by atomic mass is 9.90. The highest BCUT2D eigenvalue weighted by molar-refractivity contribution is 4.87. The van der Waals surface area contributed by atoms with Crippen LogP contribution in [-0.2, 0) is 4.74 Å². The highest BCUT2D eigenvalue weighted by Gasteiger charge is 2.16. The van der Waals surface area contributed by atoms with Crippen LogP contribution in [0.5, 0.6) is 0 Å². The van der Waals surface area contributed by atoms with Gasteiger partial charge in [0.15, 0.2) is 0 Å². The molecule has 0 aromatic carbocycles. The van der Waals surface area contributed by atoms with Crippen LogP contribution in [-0.4, -0.2) is 12.7 Å². The van der Waals surface area contributed by atoms with Crippen LogP contribution in [0.25, 0.3) is 0 Å². The number of ether oxygens (including phenoxy) is 1. The van der Waals surface area contributed by atoms with Crippen LogP contribution < -0.4 is 0 Å². The maximum absolute atomic E-state index is 5.55. The van der Waals surface area contributed by atoms with Crippen molar-refractivity contribution in [2.24, 2.45) is 35.5 Å². The summed E-state index contributed by atoms with van der Waals surface area (Å²) in [5.74, 6) is 5.12. The second kappa shape index (κ2) is 22.5. The maximum Gasteiger partial charge on any atom is 0.0622 e. The lowest BCUT2D eigenvalue weighted by molar-refractivity contribution is 0.0127. The molecule has 0 aromatic heterocycles. The van der Waals surface area contributed by atoms with Gasteiger partial charge in [-0.1, -0.05) is 151 Å². The van der Waals surface area contributed by atoms with Gasteiger partial charge in [0.1, 0.15) is 0 Å². The van der Waals surface area contributed by atoms with Crippen LogP contribution in [0.15, 0.2) is 12.2 Å². The Labute approximate surface area is 236 Å². The van der Waals surface area contributed by atoms with Gasteiger partial charge in [0.2, 0.25) is 0 Å². The molecule has 0 heterocycles. The number of hydrogen-bond acceptors (Lipinski definition) is 1. The van der Waals surface area contributed by atoms with Gasteiger partial charge in [-0.2, -0.15) is 0 Å². The molecule has 1 heteroatoms. The van der Waals surface area contributed by atoms with Crippen molar-refractivity contribution in [1.82, 2.24) is 0 Å². The molecule has 0 fully saturated rings. The summed E-state index contributed by atoms with van der Waals surface area (Å²) in [6.07, 6.45) is 28.4. The molecule has 0 aromatic rings. The third kappa shape index (κ3) is 24.5. The van der Waals surface area contributed by atoms with E-state index in [0.29, 0.717) is 0 Å². The van der Waals surface area contributed by atoms with Crippen LogP contribution in [0.4, 0.5) is 0 Å². The van der Waals surface area contributed by atoms with E-state index in [2.05, 4.69) is 74.5 Å². The lowest BCUT2D eigenvalue weighted by Crippen LogP contribution is -2.22. The van der Waals surface area contributed by atoms with Gasteiger partial charge in [0.25, 0.3) is 0 Å². The molecule has 0 amide bonds. The van der Waals surface area contributed by atoms with Gasteiger partial charge in [0.05, 0.1) is 5.60 Å². The van der Waals surface area contributed by atoms with Crippen molar-refractivity contribution in [3.63, 3.8) is 0 Å². The van der Waals surface area contributed by atoms with Gasteiger partial charge in [-0.25, -0.2) is 0 Å². The first-order valence-electron chi connectivity index (χ1n) is 16.7. The molecule has 1 nitrogen and oxygen atoms in total. The van der Waals surface area contributed by atoms with E-state index in [9.17, 15) is 0 Å². The third-order valence-corrected chi connectivity index (χ3v) is 8.90. The predicted octanol–water partition coefficient (Wildman–Crippen LogP) is 12.4. The molecule has 5 atom stereocenters. The molecule has 0 bridgehead atoms. The largest absolute Gasteiger partial charge is 0.379 e.